The van der Waals surface area contributed by atoms with E-state index in [1.54, 1.807) is 0 Å². The lowest BCUT2D eigenvalue weighted by molar-refractivity contribution is 0.0905. The second-order valence-corrected chi connectivity index (χ2v) is 7.16. The van der Waals surface area contributed by atoms with Crippen molar-refractivity contribution < 1.29 is 9.59 Å². The minimum Gasteiger partial charge on any atom is -0.350 e. The molecule has 0 aliphatic carbocycles. The van der Waals surface area contributed by atoms with Crippen LogP contribution in [-0.4, -0.2) is 24.4 Å². The SMILES string of the molecule is CCCC(CNC(=O)c1cccc(C)c1C)NC(=O)c1cccc(C)c1C. The third kappa shape index (κ3) is 5.19. The van der Waals surface area contributed by atoms with Gasteiger partial charge in [-0.3, -0.25) is 9.59 Å². The molecule has 2 amide bonds. The van der Waals surface area contributed by atoms with Crippen molar-refractivity contribution in [3.63, 3.8) is 0 Å². The third-order valence-electron chi connectivity index (χ3n) is 5.18. The van der Waals surface area contributed by atoms with Gasteiger partial charge in [-0.2, -0.15) is 0 Å². The van der Waals surface area contributed by atoms with Crippen LogP contribution in [0.5, 0.6) is 0 Å². The van der Waals surface area contributed by atoms with E-state index in [-0.39, 0.29) is 17.9 Å². The van der Waals surface area contributed by atoms with Gasteiger partial charge in [-0.25, -0.2) is 0 Å². The van der Waals surface area contributed by atoms with E-state index in [4.69, 9.17) is 0 Å². The van der Waals surface area contributed by atoms with Gasteiger partial charge < -0.3 is 10.6 Å². The van der Waals surface area contributed by atoms with E-state index in [2.05, 4.69) is 17.6 Å². The van der Waals surface area contributed by atoms with Crippen LogP contribution in [0.1, 0.15) is 62.7 Å². The predicted molar refractivity (Wildman–Crippen MR) is 110 cm³/mol. The smallest absolute Gasteiger partial charge is 0.251 e. The molecule has 0 fully saturated rings. The van der Waals surface area contributed by atoms with E-state index < -0.39 is 0 Å². The summed E-state index contributed by atoms with van der Waals surface area (Å²) in [7, 11) is 0. The van der Waals surface area contributed by atoms with Crippen LogP contribution < -0.4 is 10.6 Å². The van der Waals surface area contributed by atoms with E-state index >= 15 is 0 Å². The Labute approximate surface area is 162 Å². The van der Waals surface area contributed by atoms with Crippen LogP contribution in [0.4, 0.5) is 0 Å². The first-order valence-electron chi connectivity index (χ1n) is 9.56. The zero-order valence-electron chi connectivity index (χ0n) is 17.0. The fourth-order valence-corrected chi connectivity index (χ4v) is 3.14. The van der Waals surface area contributed by atoms with Gasteiger partial charge in [0, 0.05) is 23.7 Å². The van der Waals surface area contributed by atoms with Gasteiger partial charge in [0.25, 0.3) is 11.8 Å². The maximum Gasteiger partial charge on any atom is 0.251 e. The molecule has 2 aromatic rings. The van der Waals surface area contributed by atoms with Crippen LogP contribution in [0.3, 0.4) is 0 Å². The van der Waals surface area contributed by atoms with Gasteiger partial charge in [-0.05, 0) is 68.5 Å². The Morgan fingerprint density at radius 1 is 0.852 bits per heavy atom. The Balaban J connectivity index is 2.05. The highest BCUT2D eigenvalue weighted by Crippen LogP contribution is 2.14. The Morgan fingerprint density at radius 3 is 1.89 bits per heavy atom. The standard InChI is InChI=1S/C23H30N2O2/c1-6-9-19(25-23(27)21-13-8-11-16(3)18(21)5)14-24-22(26)20-12-7-10-15(2)17(20)4/h7-8,10-13,19H,6,9,14H2,1-5H3,(H,24,26)(H,25,27). The molecule has 4 nitrogen and oxygen atoms in total. The molecule has 0 aliphatic heterocycles. The lowest BCUT2D eigenvalue weighted by atomic mass is 10.0. The normalized spacial score (nSPS) is 11.7. The van der Waals surface area contributed by atoms with Crippen LogP contribution in [0.2, 0.25) is 0 Å². The minimum absolute atomic E-state index is 0.0874. The molecule has 0 aliphatic rings. The highest BCUT2D eigenvalue weighted by atomic mass is 16.2. The molecule has 2 N–H and O–H groups in total. The molecule has 27 heavy (non-hydrogen) atoms. The number of aryl methyl sites for hydroxylation is 2. The van der Waals surface area contributed by atoms with Crippen molar-refractivity contribution in [2.75, 3.05) is 6.54 Å². The first kappa shape index (κ1) is 20.7. The van der Waals surface area contributed by atoms with Gasteiger partial charge >= 0.3 is 0 Å². The molecular weight excluding hydrogens is 336 g/mol. The highest BCUT2D eigenvalue weighted by Gasteiger charge is 2.17. The van der Waals surface area contributed by atoms with E-state index in [9.17, 15) is 9.59 Å². The Bertz CT molecular complexity index is 827. The summed E-state index contributed by atoms with van der Waals surface area (Å²) in [6, 6.07) is 11.4. The van der Waals surface area contributed by atoms with Gasteiger partial charge in [0.15, 0.2) is 0 Å². The second-order valence-electron chi connectivity index (χ2n) is 7.16. The van der Waals surface area contributed by atoms with Crippen molar-refractivity contribution in [3.8, 4) is 0 Å². The topological polar surface area (TPSA) is 58.2 Å². The zero-order chi connectivity index (χ0) is 20.0. The van der Waals surface area contributed by atoms with Crippen LogP contribution in [-0.2, 0) is 0 Å². The lowest BCUT2D eigenvalue weighted by Crippen LogP contribution is -2.44. The summed E-state index contributed by atoms with van der Waals surface area (Å²) >= 11 is 0. The average molecular weight is 367 g/mol. The number of carbonyl (C=O) groups is 2. The third-order valence-corrected chi connectivity index (χ3v) is 5.18. The maximum atomic E-state index is 12.7. The molecule has 0 radical (unpaired) electrons. The average Bonchev–Trinajstić information content (AvgIpc) is 2.64. The summed E-state index contributed by atoms with van der Waals surface area (Å²) in [4.78, 5) is 25.2. The van der Waals surface area contributed by atoms with E-state index in [0.29, 0.717) is 17.7 Å². The molecule has 1 atom stereocenters. The fraction of sp³-hybridized carbons (Fsp3) is 0.391. The summed E-state index contributed by atoms with van der Waals surface area (Å²) in [5.74, 6) is -0.186. The van der Waals surface area contributed by atoms with Gasteiger partial charge in [-0.15, -0.1) is 0 Å². The molecule has 0 heterocycles. The first-order chi connectivity index (χ1) is 12.8. The number of hydrogen-bond donors (Lipinski definition) is 2. The van der Waals surface area contributed by atoms with Gasteiger partial charge in [0.1, 0.15) is 0 Å². The van der Waals surface area contributed by atoms with Gasteiger partial charge in [0.2, 0.25) is 0 Å². The summed E-state index contributed by atoms with van der Waals surface area (Å²) in [5.41, 5.74) is 5.54. The number of hydrogen-bond acceptors (Lipinski definition) is 2. The summed E-state index contributed by atoms with van der Waals surface area (Å²) < 4.78 is 0. The molecule has 1 unspecified atom stereocenters. The molecule has 0 saturated heterocycles. The van der Waals surface area contributed by atoms with Crippen molar-refractivity contribution in [2.24, 2.45) is 0 Å². The largest absolute Gasteiger partial charge is 0.350 e. The first-order valence-corrected chi connectivity index (χ1v) is 9.56. The van der Waals surface area contributed by atoms with Crippen molar-refractivity contribution in [3.05, 3.63) is 69.8 Å². The monoisotopic (exact) mass is 366 g/mol. The molecule has 144 valence electrons. The number of benzene rings is 2. The number of nitrogens with one attached hydrogen (secondary N) is 2. The maximum absolute atomic E-state index is 12.7. The van der Waals surface area contributed by atoms with Gasteiger partial charge in [0.05, 0.1) is 0 Å². The molecule has 4 heteroatoms. The molecule has 0 saturated carbocycles. The minimum atomic E-state index is -0.100. The van der Waals surface area contributed by atoms with Crippen molar-refractivity contribution >= 4 is 11.8 Å². The number of rotatable bonds is 7. The number of carbonyl (C=O) groups excluding carboxylic acids is 2. The summed E-state index contributed by atoms with van der Waals surface area (Å²) in [6.45, 7) is 10.4. The molecule has 0 bridgehead atoms. The lowest BCUT2D eigenvalue weighted by Gasteiger charge is -2.20. The molecule has 2 rings (SSSR count). The summed E-state index contributed by atoms with van der Waals surface area (Å²) in [6.07, 6.45) is 1.74. The second kappa shape index (κ2) is 9.36. The van der Waals surface area contributed by atoms with Crippen molar-refractivity contribution in [2.45, 2.75) is 53.5 Å². The van der Waals surface area contributed by atoms with Crippen LogP contribution in [0.15, 0.2) is 36.4 Å². The van der Waals surface area contributed by atoms with Crippen LogP contribution in [0.25, 0.3) is 0 Å². The fourth-order valence-electron chi connectivity index (χ4n) is 3.14. The van der Waals surface area contributed by atoms with Crippen molar-refractivity contribution in [1.29, 1.82) is 0 Å². The Hall–Kier alpha value is -2.62. The predicted octanol–water partition coefficient (Wildman–Crippen LogP) is 4.25. The van der Waals surface area contributed by atoms with E-state index in [1.165, 1.54) is 0 Å². The van der Waals surface area contributed by atoms with Gasteiger partial charge in [-0.1, -0.05) is 37.6 Å². The van der Waals surface area contributed by atoms with Crippen molar-refractivity contribution in [1.82, 2.24) is 10.6 Å². The highest BCUT2D eigenvalue weighted by molar-refractivity contribution is 5.97. The van der Waals surface area contributed by atoms with Crippen LogP contribution in [0, 0.1) is 27.7 Å². The number of amides is 2. The Kier molecular flexibility index (Phi) is 7.17. The zero-order valence-corrected chi connectivity index (χ0v) is 17.0. The molecule has 2 aromatic carbocycles. The Morgan fingerprint density at radius 2 is 1.37 bits per heavy atom. The summed E-state index contributed by atoms with van der Waals surface area (Å²) in [5, 5.41) is 6.06. The molecule has 0 spiro atoms. The molecular formula is C23H30N2O2. The van der Waals surface area contributed by atoms with E-state index in [1.807, 2.05) is 64.1 Å². The quantitative estimate of drug-likeness (QED) is 0.770. The van der Waals surface area contributed by atoms with Crippen LogP contribution >= 0.6 is 0 Å². The van der Waals surface area contributed by atoms with E-state index in [0.717, 1.165) is 35.1 Å². The molecule has 0 aromatic heterocycles.